The Hall–Kier alpha value is -1.15. The second-order valence-electron chi connectivity index (χ2n) is 5.12. The van der Waals surface area contributed by atoms with E-state index in [0.717, 1.165) is 33.2 Å². The molecule has 22 heavy (non-hydrogen) atoms. The summed E-state index contributed by atoms with van der Waals surface area (Å²) in [4.78, 5) is 0. The van der Waals surface area contributed by atoms with Crippen molar-refractivity contribution in [2.75, 3.05) is 5.32 Å². The van der Waals surface area contributed by atoms with Gasteiger partial charge in [-0.2, -0.15) is 0 Å². The Balaban J connectivity index is 2.19. The Labute approximate surface area is 146 Å². The van der Waals surface area contributed by atoms with Crippen molar-refractivity contribution in [3.63, 3.8) is 0 Å². The normalized spacial score (nSPS) is 11.0. The molecule has 1 N–H and O–H groups in total. The molecule has 0 aliphatic heterocycles. The van der Waals surface area contributed by atoms with Crippen LogP contribution in [0.5, 0.6) is 5.75 Å². The van der Waals surface area contributed by atoms with Gasteiger partial charge in [-0.15, -0.1) is 0 Å². The minimum atomic E-state index is 0.0987. The Morgan fingerprint density at radius 2 is 2.09 bits per heavy atom. The highest BCUT2D eigenvalue weighted by Gasteiger charge is 2.13. The van der Waals surface area contributed by atoms with Crippen molar-refractivity contribution in [2.45, 2.75) is 46.4 Å². The quantitative estimate of drug-likeness (QED) is 0.715. The monoisotopic (exact) mass is 431 g/mol. The number of hydrogen-bond donors (Lipinski definition) is 1. The predicted molar refractivity (Wildman–Crippen MR) is 93.0 cm³/mol. The number of nitrogens with one attached hydrogen (secondary N) is 1. The van der Waals surface area contributed by atoms with Crippen LogP contribution in [0.3, 0.4) is 0 Å². The van der Waals surface area contributed by atoms with E-state index in [-0.39, 0.29) is 6.10 Å². The topological polar surface area (TPSA) is 64.9 Å². The summed E-state index contributed by atoms with van der Waals surface area (Å²) in [6, 6.07) is 4.01. The van der Waals surface area contributed by atoms with Crippen LogP contribution in [0.2, 0.25) is 0 Å². The molecule has 0 aliphatic carbocycles. The van der Waals surface area contributed by atoms with Gasteiger partial charge in [0.25, 0.3) is 0 Å². The third-order valence-corrected chi connectivity index (χ3v) is 3.89. The molecular weight excluding hydrogens is 414 g/mol. The number of tetrazole rings is 1. The summed E-state index contributed by atoms with van der Waals surface area (Å²) in [5.74, 6) is 1.49. The maximum Gasteiger partial charge on any atom is 0.243 e. The molecular formula is C14H19Br2N5O. The molecule has 0 unspecified atom stereocenters. The SMILES string of the molecule is CCCn1nnnc1NCc1cc(Br)cc(Br)c1OC(C)C. The first-order valence-corrected chi connectivity index (χ1v) is 8.74. The van der Waals surface area contributed by atoms with Gasteiger partial charge in [-0.3, -0.25) is 0 Å². The average Bonchev–Trinajstić information content (AvgIpc) is 2.87. The van der Waals surface area contributed by atoms with Crippen LogP contribution in [-0.2, 0) is 13.1 Å². The van der Waals surface area contributed by atoms with Crippen molar-refractivity contribution in [1.29, 1.82) is 0 Å². The zero-order chi connectivity index (χ0) is 16.1. The van der Waals surface area contributed by atoms with E-state index in [1.54, 1.807) is 4.68 Å². The molecule has 0 saturated carbocycles. The third kappa shape index (κ3) is 4.42. The summed E-state index contributed by atoms with van der Waals surface area (Å²) in [5.41, 5.74) is 1.03. The molecule has 120 valence electrons. The van der Waals surface area contributed by atoms with Gasteiger partial charge in [0, 0.05) is 23.1 Å². The van der Waals surface area contributed by atoms with Gasteiger partial charge in [-0.1, -0.05) is 28.0 Å². The molecule has 0 radical (unpaired) electrons. The maximum absolute atomic E-state index is 5.91. The van der Waals surface area contributed by atoms with Gasteiger partial charge in [0.15, 0.2) is 0 Å². The Morgan fingerprint density at radius 3 is 2.77 bits per heavy atom. The Bertz CT molecular complexity index is 630. The van der Waals surface area contributed by atoms with E-state index in [1.165, 1.54) is 0 Å². The van der Waals surface area contributed by atoms with Crippen molar-refractivity contribution < 1.29 is 4.74 Å². The highest BCUT2D eigenvalue weighted by molar-refractivity contribution is 9.11. The number of benzene rings is 1. The lowest BCUT2D eigenvalue weighted by molar-refractivity contribution is 0.238. The van der Waals surface area contributed by atoms with Crippen LogP contribution in [0.4, 0.5) is 5.95 Å². The second kappa shape index (κ2) is 7.92. The largest absolute Gasteiger partial charge is 0.489 e. The van der Waals surface area contributed by atoms with E-state index in [4.69, 9.17) is 4.74 Å². The number of aromatic nitrogens is 4. The number of anilines is 1. The number of hydrogen-bond acceptors (Lipinski definition) is 5. The van der Waals surface area contributed by atoms with Crippen molar-refractivity contribution in [1.82, 2.24) is 20.2 Å². The molecule has 2 rings (SSSR count). The van der Waals surface area contributed by atoms with E-state index in [9.17, 15) is 0 Å². The molecule has 1 aromatic carbocycles. The number of ether oxygens (including phenoxy) is 1. The van der Waals surface area contributed by atoms with Crippen molar-refractivity contribution in [2.24, 2.45) is 0 Å². The lowest BCUT2D eigenvalue weighted by atomic mass is 10.2. The molecule has 0 spiro atoms. The molecule has 6 nitrogen and oxygen atoms in total. The fourth-order valence-electron chi connectivity index (χ4n) is 1.98. The fourth-order valence-corrected chi connectivity index (χ4v) is 3.39. The smallest absolute Gasteiger partial charge is 0.243 e. The summed E-state index contributed by atoms with van der Waals surface area (Å²) in [7, 11) is 0. The first-order chi connectivity index (χ1) is 10.5. The highest BCUT2D eigenvalue weighted by atomic mass is 79.9. The molecule has 0 aliphatic rings. The van der Waals surface area contributed by atoms with E-state index in [2.05, 4.69) is 59.6 Å². The fraction of sp³-hybridized carbons (Fsp3) is 0.500. The van der Waals surface area contributed by atoms with E-state index in [0.29, 0.717) is 12.5 Å². The van der Waals surface area contributed by atoms with Gasteiger partial charge in [-0.05, 0) is 58.8 Å². The molecule has 0 amide bonds. The van der Waals surface area contributed by atoms with Gasteiger partial charge < -0.3 is 10.1 Å². The standard InChI is InChI=1S/C14H19Br2N5O/c1-4-5-21-14(18-19-20-21)17-8-10-6-11(15)7-12(16)13(10)22-9(2)3/h6-7,9H,4-5,8H2,1-3H3,(H,17,18,20). The number of aryl methyl sites for hydroxylation is 1. The minimum absolute atomic E-state index is 0.0987. The first kappa shape index (κ1) is 17.2. The molecule has 0 fully saturated rings. The van der Waals surface area contributed by atoms with Crippen LogP contribution in [-0.4, -0.2) is 26.3 Å². The van der Waals surface area contributed by atoms with E-state index < -0.39 is 0 Å². The molecule has 0 bridgehead atoms. The number of nitrogens with zero attached hydrogens (tertiary/aromatic N) is 4. The lowest BCUT2D eigenvalue weighted by Gasteiger charge is -2.17. The van der Waals surface area contributed by atoms with Gasteiger partial charge in [0.2, 0.25) is 5.95 Å². The average molecular weight is 433 g/mol. The lowest BCUT2D eigenvalue weighted by Crippen LogP contribution is -2.12. The maximum atomic E-state index is 5.91. The summed E-state index contributed by atoms with van der Waals surface area (Å²) in [6.07, 6.45) is 1.07. The van der Waals surface area contributed by atoms with Gasteiger partial charge in [0.05, 0.1) is 10.6 Å². The number of halogens is 2. The van der Waals surface area contributed by atoms with Crippen molar-refractivity contribution >= 4 is 37.8 Å². The summed E-state index contributed by atoms with van der Waals surface area (Å²) in [5, 5.41) is 15.0. The summed E-state index contributed by atoms with van der Waals surface area (Å²) >= 11 is 7.07. The summed E-state index contributed by atoms with van der Waals surface area (Å²) < 4.78 is 9.58. The molecule has 1 aromatic heterocycles. The minimum Gasteiger partial charge on any atom is -0.489 e. The molecule has 0 saturated heterocycles. The van der Waals surface area contributed by atoms with Gasteiger partial charge in [0.1, 0.15) is 5.75 Å². The third-order valence-electron chi connectivity index (χ3n) is 2.84. The van der Waals surface area contributed by atoms with Crippen LogP contribution >= 0.6 is 31.9 Å². The van der Waals surface area contributed by atoms with Gasteiger partial charge >= 0.3 is 0 Å². The van der Waals surface area contributed by atoms with Crippen LogP contribution < -0.4 is 10.1 Å². The van der Waals surface area contributed by atoms with E-state index in [1.807, 2.05) is 26.0 Å². The molecule has 1 heterocycles. The zero-order valence-corrected chi connectivity index (χ0v) is 16.0. The molecule has 0 atom stereocenters. The van der Waals surface area contributed by atoms with Crippen LogP contribution in [0.15, 0.2) is 21.1 Å². The second-order valence-corrected chi connectivity index (χ2v) is 6.89. The highest BCUT2D eigenvalue weighted by Crippen LogP contribution is 2.34. The summed E-state index contributed by atoms with van der Waals surface area (Å²) in [6.45, 7) is 7.46. The predicted octanol–water partition coefficient (Wildman–Crippen LogP) is 4.01. The van der Waals surface area contributed by atoms with Crippen LogP contribution in [0, 0.1) is 0 Å². The molecule has 8 heteroatoms. The Kier molecular flexibility index (Phi) is 6.19. The van der Waals surface area contributed by atoms with Crippen LogP contribution in [0.1, 0.15) is 32.8 Å². The van der Waals surface area contributed by atoms with Gasteiger partial charge in [-0.25, -0.2) is 4.68 Å². The van der Waals surface area contributed by atoms with Crippen LogP contribution in [0.25, 0.3) is 0 Å². The zero-order valence-electron chi connectivity index (χ0n) is 12.8. The Morgan fingerprint density at radius 1 is 1.32 bits per heavy atom. The van der Waals surface area contributed by atoms with E-state index >= 15 is 0 Å². The molecule has 2 aromatic rings. The van der Waals surface area contributed by atoms with Crippen molar-refractivity contribution in [3.8, 4) is 5.75 Å². The van der Waals surface area contributed by atoms with Crippen molar-refractivity contribution in [3.05, 3.63) is 26.6 Å². The number of rotatable bonds is 7. The first-order valence-electron chi connectivity index (χ1n) is 7.15.